The Balaban J connectivity index is 1.71. The molecule has 1 fully saturated rings. The summed E-state index contributed by atoms with van der Waals surface area (Å²) in [5.74, 6) is -0.213. The van der Waals surface area contributed by atoms with Gasteiger partial charge in [-0.3, -0.25) is 4.79 Å². The molecule has 0 aromatic heterocycles. The van der Waals surface area contributed by atoms with E-state index in [-0.39, 0.29) is 12.0 Å². The van der Waals surface area contributed by atoms with Gasteiger partial charge >= 0.3 is 12.0 Å². The molecule has 3 rings (SSSR count). The normalized spacial score (nSPS) is 15.8. The standard InChI is InChI=1S/C21H25N3O3/c1-2-27-19(25)21(16-6-4-3-5-7-16)12-14-24(15-13-21)20(26)23-18-10-8-17(22)9-11-18/h3-11H,2,12-15,22H2,1H3,(H,23,26). The molecule has 142 valence electrons. The Morgan fingerprint density at radius 3 is 2.30 bits per heavy atom. The number of ether oxygens (including phenoxy) is 1. The van der Waals surface area contributed by atoms with Gasteiger partial charge in [0.15, 0.2) is 0 Å². The highest BCUT2D eigenvalue weighted by atomic mass is 16.5. The Morgan fingerprint density at radius 2 is 1.70 bits per heavy atom. The highest BCUT2D eigenvalue weighted by Crippen LogP contribution is 2.37. The largest absolute Gasteiger partial charge is 0.465 e. The summed E-state index contributed by atoms with van der Waals surface area (Å²) in [5.41, 5.74) is 7.26. The summed E-state index contributed by atoms with van der Waals surface area (Å²) in [4.78, 5) is 27.1. The first-order valence-corrected chi connectivity index (χ1v) is 9.19. The van der Waals surface area contributed by atoms with Crippen molar-refractivity contribution < 1.29 is 14.3 Å². The van der Waals surface area contributed by atoms with E-state index in [9.17, 15) is 9.59 Å². The molecule has 3 N–H and O–H groups in total. The number of likely N-dealkylation sites (tertiary alicyclic amines) is 1. The molecule has 27 heavy (non-hydrogen) atoms. The number of nitrogen functional groups attached to an aromatic ring is 1. The van der Waals surface area contributed by atoms with Crippen LogP contribution >= 0.6 is 0 Å². The van der Waals surface area contributed by atoms with Crippen molar-refractivity contribution in [3.8, 4) is 0 Å². The highest BCUT2D eigenvalue weighted by molar-refractivity contribution is 5.90. The van der Waals surface area contributed by atoms with Crippen molar-refractivity contribution in [2.75, 3.05) is 30.7 Å². The van der Waals surface area contributed by atoms with Crippen molar-refractivity contribution >= 4 is 23.4 Å². The molecule has 0 saturated carbocycles. The van der Waals surface area contributed by atoms with E-state index >= 15 is 0 Å². The number of piperidine rings is 1. The van der Waals surface area contributed by atoms with Gasteiger partial charge in [0.2, 0.25) is 0 Å². The molecule has 1 aliphatic heterocycles. The van der Waals surface area contributed by atoms with Crippen LogP contribution in [0.2, 0.25) is 0 Å². The summed E-state index contributed by atoms with van der Waals surface area (Å²) in [5, 5.41) is 2.88. The van der Waals surface area contributed by atoms with E-state index in [1.165, 1.54) is 0 Å². The maximum absolute atomic E-state index is 12.8. The van der Waals surface area contributed by atoms with E-state index in [2.05, 4.69) is 5.32 Å². The van der Waals surface area contributed by atoms with Crippen LogP contribution in [0.3, 0.4) is 0 Å². The third-order valence-corrected chi connectivity index (χ3v) is 5.06. The molecule has 0 atom stereocenters. The number of hydrogen-bond acceptors (Lipinski definition) is 4. The van der Waals surface area contributed by atoms with Gasteiger partial charge in [0.1, 0.15) is 0 Å². The molecule has 0 aliphatic carbocycles. The maximum atomic E-state index is 12.8. The molecule has 0 unspecified atom stereocenters. The van der Waals surface area contributed by atoms with Crippen LogP contribution < -0.4 is 11.1 Å². The molecule has 2 amide bonds. The maximum Gasteiger partial charge on any atom is 0.321 e. The Morgan fingerprint density at radius 1 is 1.07 bits per heavy atom. The molecule has 2 aromatic rings. The quantitative estimate of drug-likeness (QED) is 0.641. The number of carbonyl (C=O) groups excluding carboxylic acids is 2. The number of rotatable bonds is 4. The molecule has 1 saturated heterocycles. The topological polar surface area (TPSA) is 84.7 Å². The lowest BCUT2D eigenvalue weighted by atomic mass is 9.73. The average Bonchev–Trinajstić information content (AvgIpc) is 2.70. The number of amides is 2. The van der Waals surface area contributed by atoms with E-state index in [0.717, 1.165) is 5.56 Å². The summed E-state index contributed by atoms with van der Waals surface area (Å²) >= 11 is 0. The monoisotopic (exact) mass is 367 g/mol. The predicted molar refractivity (Wildman–Crippen MR) is 105 cm³/mol. The second-order valence-corrected chi connectivity index (χ2v) is 6.71. The van der Waals surface area contributed by atoms with E-state index in [4.69, 9.17) is 10.5 Å². The van der Waals surface area contributed by atoms with Gasteiger partial charge in [-0.1, -0.05) is 30.3 Å². The van der Waals surface area contributed by atoms with E-state index in [0.29, 0.717) is 43.9 Å². The van der Waals surface area contributed by atoms with Gasteiger partial charge < -0.3 is 20.7 Å². The number of nitrogens with two attached hydrogens (primary N) is 1. The zero-order valence-corrected chi connectivity index (χ0v) is 15.5. The molecular formula is C21H25N3O3. The van der Waals surface area contributed by atoms with Gasteiger partial charge in [-0.15, -0.1) is 0 Å². The van der Waals surface area contributed by atoms with Crippen LogP contribution in [0.15, 0.2) is 54.6 Å². The van der Waals surface area contributed by atoms with Crippen molar-refractivity contribution in [1.29, 1.82) is 0 Å². The zero-order valence-electron chi connectivity index (χ0n) is 15.5. The van der Waals surface area contributed by atoms with Gasteiger partial charge in [0.25, 0.3) is 0 Å². The first-order chi connectivity index (χ1) is 13.0. The van der Waals surface area contributed by atoms with Crippen molar-refractivity contribution in [2.24, 2.45) is 0 Å². The first-order valence-electron chi connectivity index (χ1n) is 9.19. The van der Waals surface area contributed by atoms with Crippen LogP contribution in [0.25, 0.3) is 0 Å². The summed E-state index contributed by atoms with van der Waals surface area (Å²) < 4.78 is 5.37. The van der Waals surface area contributed by atoms with Crippen LogP contribution in [0, 0.1) is 0 Å². The summed E-state index contributed by atoms with van der Waals surface area (Å²) in [6.07, 6.45) is 1.07. The van der Waals surface area contributed by atoms with E-state index < -0.39 is 5.41 Å². The third kappa shape index (κ3) is 4.05. The third-order valence-electron chi connectivity index (χ3n) is 5.06. The molecule has 0 spiro atoms. The molecular weight excluding hydrogens is 342 g/mol. The number of hydrogen-bond donors (Lipinski definition) is 2. The minimum Gasteiger partial charge on any atom is -0.465 e. The fraction of sp³-hybridized carbons (Fsp3) is 0.333. The zero-order chi connectivity index (χ0) is 19.3. The minimum absolute atomic E-state index is 0.176. The van der Waals surface area contributed by atoms with Crippen LogP contribution in [-0.2, 0) is 14.9 Å². The number of nitrogens with zero attached hydrogens (tertiary/aromatic N) is 1. The molecule has 6 nitrogen and oxygen atoms in total. The average molecular weight is 367 g/mol. The fourth-order valence-electron chi connectivity index (χ4n) is 3.50. The number of esters is 1. The molecule has 6 heteroatoms. The molecule has 1 heterocycles. The summed E-state index contributed by atoms with van der Waals surface area (Å²) in [6.45, 7) is 3.11. The van der Waals surface area contributed by atoms with Gasteiger partial charge in [0.05, 0.1) is 12.0 Å². The van der Waals surface area contributed by atoms with Gasteiger partial charge in [-0.25, -0.2) is 4.79 Å². The van der Waals surface area contributed by atoms with Crippen molar-refractivity contribution in [3.05, 3.63) is 60.2 Å². The Kier molecular flexibility index (Phi) is 5.64. The lowest BCUT2D eigenvalue weighted by molar-refractivity contribution is -0.152. The lowest BCUT2D eigenvalue weighted by Gasteiger charge is -2.40. The van der Waals surface area contributed by atoms with Crippen LogP contribution in [-0.4, -0.2) is 36.6 Å². The Labute approximate surface area is 159 Å². The Bertz CT molecular complexity index is 782. The van der Waals surface area contributed by atoms with Crippen molar-refractivity contribution in [3.63, 3.8) is 0 Å². The SMILES string of the molecule is CCOC(=O)C1(c2ccccc2)CCN(C(=O)Nc2ccc(N)cc2)CC1. The van der Waals surface area contributed by atoms with Gasteiger partial charge in [-0.2, -0.15) is 0 Å². The Hall–Kier alpha value is -3.02. The molecule has 0 bridgehead atoms. The molecule has 0 radical (unpaired) electrons. The second kappa shape index (κ2) is 8.12. The van der Waals surface area contributed by atoms with Crippen molar-refractivity contribution in [1.82, 2.24) is 4.90 Å². The van der Waals surface area contributed by atoms with Gasteiger partial charge in [-0.05, 0) is 49.6 Å². The second-order valence-electron chi connectivity index (χ2n) is 6.71. The first kappa shape index (κ1) is 18.8. The number of urea groups is 1. The van der Waals surface area contributed by atoms with Crippen LogP contribution in [0.5, 0.6) is 0 Å². The van der Waals surface area contributed by atoms with E-state index in [1.54, 1.807) is 29.2 Å². The summed E-state index contributed by atoms with van der Waals surface area (Å²) in [6, 6.07) is 16.5. The molecule has 2 aromatic carbocycles. The highest BCUT2D eigenvalue weighted by Gasteiger charge is 2.44. The number of benzene rings is 2. The van der Waals surface area contributed by atoms with E-state index in [1.807, 2.05) is 37.3 Å². The lowest BCUT2D eigenvalue weighted by Crippen LogP contribution is -2.50. The smallest absolute Gasteiger partial charge is 0.321 e. The molecule has 1 aliphatic rings. The number of nitrogens with one attached hydrogen (secondary N) is 1. The number of carbonyl (C=O) groups is 2. The van der Waals surface area contributed by atoms with Crippen LogP contribution in [0.4, 0.5) is 16.2 Å². The summed E-state index contributed by atoms with van der Waals surface area (Å²) in [7, 11) is 0. The van der Waals surface area contributed by atoms with Gasteiger partial charge in [0, 0.05) is 24.5 Å². The van der Waals surface area contributed by atoms with Crippen LogP contribution in [0.1, 0.15) is 25.3 Å². The number of anilines is 2. The minimum atomic E-state index is -0.699. The predicted octanol–water partition coefficient (Wildman–Crippen LogP) is 3.40. The van der Waals surface area contributed by atoms with Crippen molar-refractivity contribution in [2.45, 2.75) is 25.2 Å². The fourth-order valence-corrected chi connectivity index (χ4v) is 3.50.